The minimum Gasteiger partial charge on any atom is -0.496 e. The number of aromatic nitrogens is 2. The van der Waals surface area contributed by atoms with E-state index in [1.807, 2.05) is 6.07 Å². The highest BCUT2D eigenvalue weighted by Gasteiger charge is 2.30. The molecular formula is C19H25BrF3N3O. The van der Waals surface area contributed by atoms with Crippen LogP contribution in [0.15, 0.2) is 16.6 Å². The number of nitrogens with zero attached hydrogens (tertiary/aromatic N) is 2. The van der Waals surface area contributed by atoms with E-state index in [0.717, 1.165) is 9.86 Å². The number of hydrogen-bond acceptors (Lipinski definition) is 4. The van der Waals surface area contributed by atoms with Crippen molar-refractivity contribution in [3.05, 3.63) is 22.4 Å². The molecule has 1 heterocycles. The van der Waals surface area contributed by atoms with Crippen molar-refractivity contribution in [2.24, 2.45) is 5.92 Å². The van der Waals surface area contributed by atoms with Gasteiger partial charge in [-0.05, 0) is 54.8 Å². The van der Waals surface area contributed by atoms with E-state index in [0.29, 0.717) is 29.3 Å². The summed E-state index contributed by atoms with van der Waals surface area (Å²) in [6, 6.07) is 3.25. The minimum atomic E-state index is -2.66. The quantitative estimate of drug-likeness (QED) is 0.518. The van der Waals surface area contributed by atoms with Crippen molar-refractivity contribution < 1.29 is 17.9 Å². The van der Waals surface area contributed by atoms with Crippen LogP contribution < -0.4 is 10.1 Å². The molecule has 0 aliphatic rings. The van der Waals surface area contributed by atoms with Crippen LogP contribution in [-0.2, 0) is 0 Å². The number of halogens is 4. The topological polar surface area (TPSA) is 47.0 Å². The average Bonchev–Trinajstić information content (AvgIpc) is 2.58. The van der Waals surface area contributed by atoms with Crippen LogP contribution in [0.2, 0.25) is 0 Å². The van der Waals surface area contributed by atoms with Crippen LogP contribution in [0, 0.1) is 12.8 Å². The monoisotopic (exact) mass is 447 g/mol. The number of hydrogen-bond donors (Lipinski definition) is 1. The maximum atomic E-state index is 14.4. The zero-order chi connectivity index (χ0) is 20.1. The zero-order valence-electron chi connectivity index (χ0n) is 15.9. The lowest BCUT2D eigenvalue weighted by atomic mass is 9.94. The summed E-state index contributed by atoms with van der Waals surface area (Å²) in [5.41, 5.74) is 0.707. The van der Waals surface area contributed by atoms with Gasteiger partial charge in [0.2, 0.25) is 6.43 Å². The zero-order valence-corrected chi connectivity index (χ0v) is 17.5. The Morgan fingerprint density at radius 3 is 2.52 bits per heavy atom. The Morgan fingerprint density at radius 1 is 1.22 bits per heavy atom. The first-order chi connectivity index (χ1) is 12.8. The number of nitrogens with one attached hydrogen (secondary N) is 1. The molecule has 0 radical (unpaired) electrons. The van der Waals surface area contributed by atoms with E-state index in [1.54, 1.807) is 33.9 Å². The summed E-state index contributed by atoms with van der Waals surface area (Å²) in [5, 5.41) is 3.88. The molecule has 2 aromatic rings. The third-order valence-corrected chi connectivity index (χ3v) is 5.07. The summed E-state index contributed by atoms with van der Waals surface area (Å²) in [6.45, 7) is 5.31. The lowest BCUT2D eigenvalue weighted by molar-refractivity contribution is 0.0197. The van der Waals surface area contributed by atoms with E-state index < -0.39 is 18.5 Å². The number of benzene rings is 1. The van der Waals surface area contributed by atoms with Crippen LogP contribution in [-0.4, -0.2) is 35.7 Å². The number of aryl methyl sites for hydroxylation is 1. The van der Waals surface area contributed by atoms with Crippen molar-refractivity contribution in [1.29, 1.82) is 0 Å². The maximum Gasteiger partial charge on any atom is 0.244 e. The summed E-state index contributed by atoms with van der Waals surface area (Å²) >= 11 is 3.43. The van der Waals surface area contributed by atoms with E-state index in [2.05, 4.69) is 31.2 Å². The lowest BCUT2D eigenvalue weighted by Gasteiger charge is -2.24. The highest BCUT2D eigenvalue weighted by atomic mass is 79.9. The fourth-order valence-electron chi connectivity index (χ4n) is 3.12. The molecule has 3 atom stereocenters. The van der Waals surface area contributed by atoms with Crippen LogP contribution in [0.4, 0.5) is 19.0 Å². The number of anilines is 1. The molecule has 0 bridgehead atoms. The number of fused-ring (bicyclic) bond motifs is 1. The third kappa shape index (κ3) is 5.46. The predicted molar refractivity (Wildman–Crippen MR) is 106 cm³/mol. The normalized spacial score (nSPS) is 15.0. The predicted octanol–water partition coefficient (Wildman–Crippen LogP) is 5.92. The van der Waals surface area contributed by atoms with Crippen molar-refractivity contribution in [3.8, 4) is 5.75 Å². The van der Waals surface area contributed by atoms with E-state index in [4.69, 9.17) is 4.74 Å². The largest absolute Gasteiger partial charge is 0.496 e. The van der Waals surface area contributed by atoms with Gasteiger partial charge >= 0.3 is 0 Å². The fraction of sp³-hybridized carbons (Fsp3) is 0.579. The van der Waals surface area contributed by atoms with Crippen molar-refractivity contribution in [1.82, 2.24) is 9.97 Å². The molecule has 150 valence electrons. The Bertz CT molecular complexity index is 775. The van der Waals surface area contributed by atoms with Crippen molar-refractivity contribution in [3.63, 3.8) is 0 Å². The SMILES string of the molecule is CCCC(C(F)F)C(F)CC(C)Nc1nc(C)nc2cc(Br)c(OC)cc12. The number of alkyl halides is 3. The van der Waals surface area contributed by atoms with E-state index in [-0.39, 0.29) is 18.9 Å². The minimum absolute atomic E-state index is 0.0206. The molecule has 0 aliphatic heterocycles. The maximum absolute atomic E-state index is 14.4. The van der Waals surface area contributed by atoms with E-state index in [9.17, 15) is 13.2 Å². The molecule has 3 unspecified atom stereocenters. The second-order valence-electron chi connectivity index (χ2n) is 6.71. The molecule has 8 heteroatoms. The standard InChI is InChI=1S/C19H25BrF3N3O/c1-5-6-12(18(22)23)15(21)7-10(2)24-19-13-8-17(27-4)14(20)9-16(13)25-11(3)26-19/h8-10,12,15,18H,5-7H2,1-4H3,(H,24,25,26). The fourth-order valence-corrected chi connectivity index (χ4v) is 3.61. The Labute approximate surface area is 166 Å². The van der Waals surface area contributed by atoms with Gasteiger partial charge in [-0.3, -0.25) is 0 Å². The van der Waals surface area contributed by atoms with Gasteiger partial charge in [-0.25, -0.2) is 23.1 Å². The van der Waals surface area contributed by atoms with Crippen LogP contribution in [0.25, 0.3) is 10.9 Å². The second-order valence-corrected chi connectivity index (χ2v) is 7.56. The molecule has 0 saturated heterocycles. The molecule has 2 rings (SSSR count). The van der Waals surface area contributed by atoms with Crippen LogP contribution in [0.5, 0.6) is 5.75 Å². The highest BCUT2D eigenvalue weighted by Crippen LogP contribution is 2.33. The van der Waals surface area contributed by atoms with Gasteiger partial charge < -0.3 is 10.1 Å². The Hall–Kier alpha value is -1.57. The molecule has 0 spiro atoms. The number of rotatable bonds is 9. The molecule has 1 N–H and O–H groups in total. The van der Waals surface area contributed by atoms with E-state index in [1.165, 1.54) is 0 Å². The summed E-state index contributed by atoms with van der Waals surface area (Å²) in [5.74, 6) is 0.475. The second kappa shape index (κ2) is 9.57. The molecule has 0 saturated carbocycles. The highest BCUT2D eigenvalue weighted by molar-refractivity contribution is 9.10. The number of methoxy groups -OCH3 is 1. The van der Waals surface area contributed by atoms with Crippen LogP contribution in [0.1, 0.15) is 38.9 Å². The van der Waals surface area contributed by atoms with E-state index >= 15 is 0 Å². The first-order valence-electron chi connectivity index (χ1n) is 8.97. The Morgan fingerprint density at radius 2 is 1.93 bits per heavy atom. The first-order valence-corrected chi connectivity index (χ1v) is 9.76. The Balaban J connectivity index is 2.24. The van der Waals surface area contributed by atoms with Crippen molar-refractivity contribution in [2.75, 3.05) is 12.4 Å². The van der Waals surface area contributed by atoms with Crippen LogP contribution >= 0.6 is 15.9 Å². The number of ether oxygens (including phenoxy) is 1. The molecule has 1 aromatic heterocycles. The lowest BCUT2D eigenvalue weighted by Crippen LogP contribution is -2.29. The molecular weight excluding hydrogens is 423 g/mol. The molecule has 0 fully saturated rings. The van der Waals surface area contributed by atoms with Gasteiger partial charge in [-0.2, -0.15) is 0 Å². The average molecular weight is 448 g/mol. The summed E-state index contributed by atoms with van der Waals surface area (Å²) in [6.07, 6.45) is -3.55. The van der Waals surface area contributed by atoms with Crippen molar-refractivity contribution in [2.45, 2.75) is 58.7 Å². The molecule has 27 heavy (non-hydrogen) atoms. The summed E-state index contributed by atoms with van der Waals surface area (Å²) in [4.78, 5) is 8.81. The summed E-state index contributed by atoms with van der Waals surface area (Å²) in [7, 11) is 1.56. The van der Waals surface area contributed by atoms with Gasteiger partial charge in [-0.1, -0.05) is 13.3 Å². The molecule has 0 amide bonds. The molecule has 0 aliphatic carbocycles. The van der Waals surface area contributed by atoms with Gasteiger partial charge in [-0.15, -0.1) is 0 Å². The smallest absolute Gasteiger partial charge is 0.244 e. The van der Waals surface area contributed by atoms with Gasteiger partial charge in [0.1, 0.15) is 23.6 Å². The summed E-state index contributed by atoms with van der Waals surface area (Å²) < 4.78 is 46.7. The van der Waals surface area contributed by atoms with Gasteiger partial charge in [0, 0.05) is 11.4 Å². The molecule has 1 aromatic carbocycles. The van der Waals surface area contributed by atoms with Crippen molar-refractivity contribution >= 4 is 32.7 Å². The van der Waals surface area contributed by atoms with Gasteiger partial charge in [0.15, 0.2) is 0 Å². The van der Waals surface area contributed by atoms with Crippen LogP contribution in [0.3, 0.4) is 0 Å². The molecule has 4 nitrogen and oxygen atoms in total. The van der Waals surface area contributed by atoms with Gasteiger partial charge in [0.25, 0.3) is 0 Å². The Kier molecular flexibility index (Phi) is 7.70. The third-order valence-electron chi connectivity index (χ3n) is 4.45. The van der Waals surface area contributed by atoms with Gasteiger partial charge in [0.05, 0.1) is 23.0 Å². The first kappa shape index (κ1) is 21.7.